The molecule has 0 bridgehead atoms. The zero-order valence-electron chi connectivity index (χ0n) is 14.6. The topological polar surface area (TPSA) is 57.7 Å². The molecule has 26 heavy (non-hydrogen) atoms. The Labute approximate surface area is 156 Å². The van der Waals surface area contributed by atoms with E-state index in [0.29, 0.717) is 18.1 Å². The number of aromatic amines is 1. The highest BCUT2D eigenvalue weighted by molar-refractivity contribution is 6.31. The molecule has 1 unspecified atom stereocenters. The quantitative estimate of drug-likeness (QED) is 0.758. The largest absolute Gasteiger partial charge is 0.290 e. The van der Waals surface area contributed by atoms with Crippen molar-refractivity contribution in [3.05, 3.63) is 63.9 Å². The van der Waals surface area contributed by atoms with E-state index in [9.17, 15) is 4.39 Å². The fourth-order valence-corrected chi connectivity index (χ4v) is 3.69. The third-order valence-corrected chi connectivity index (χ3v) is 5.18. The lowest BCUT2D eigenvalue weighted by atomic mass is 9.95. The highest BCUT2D eigenvalue weighted by atomic mass is 35.5. The lowest BCUT2D eigenvalue weighted by molar-refractivity contribution is 0.172. The van der Waals surface area contributed by atoms with Crippen LogP contribution in [0.2, 0.25) is 5.02 Å². The number of aromatic nitrogens is 4. The van der Waals surface area contributed by atoms with Crippen molar-refractivity contribution >= 4 is 11.6 Å². The minimum Gasteiger partial charge on any atom is -0.290 e. The van der Waals surface area contributed by atoms with Gasteiger partial charge in [-0.2, -0.15) is 5.10 Å². The fourth-order valence-electron chi connectivity index (χ4n) is 3.46. The van der Waals surface area contributed by atoms with E-state index in [1.165, 1.54) is 12.1 Å². The maximum absolute atomic E-state index is 13.3. The molecule has 1 aromatic carbocycles. The Kier molecular flexibility index (Phi) is 4.46. The normalized spacial score (nSPS) is 17.3. The lowest BCUT2D eigenvalue weighted by Gasteiger charge is -2.35. The second-order valence-electron chi connectivity index (χ2n) is 6.71. The molecular weight excluding hydrogens is 353 g/mol. The number of halogens is 2. The average molecular weight is 372 g/mol. The van der Waals surface area contributed by atoms with Gasteiger partial charge in [-0.1, -0.05) is 17.7 Å². The zero-order chi connectivity index (χ0) is 18.3. The van der Waals surface area contributed by atoms with Crippen molar-refractivity contribution in [1.82, 2.24) is 25.1 Å². The van der Waals surface area contributed by atoms with E-state index in [1.807, 2.05) is 13.0 Å². The van der Waals surface area contributed by atoms with Crippen molar-refractivity contribution in [1.29, 1.82) is 0 Å². The first-order valence-corrected chi connectivity index (χ1v) is 8.93. The van der Waals surface area contributed by atoms with Crippen molar-refractivity contribution in [3.63, 3.8) is 0 Å². The molecule has 5 nitrogen and oxygen atoms in total. The summed E-state index contributed by atoms with van der Waals surface area (Å²) in [6.07, 6.45) is 2.57. The first-order chi connectivity index (χ1) is 12.5. The smallest absolute Gasteiger partial charge is 0.126 e. The van der Waals surface area contributed by atoms with Crippen molar-refractivity contribution in [2.45, 2.75) is 39.4 Å². The molecule has 0 saturated carbocycles. The van der Waals surface area contributed by atoms with E-state index in [1.54, 1.807) is 12.3 Å². The predicted octanol–water partition coefficient (Wildman–Crippen LogP) is 3.91. The Bertz CT molecular complexity index is 941. The Morgan fingerprint density at radius 1 is 1.31 bits per heavy atom. The Hall–Kier alpha value is -2.31. The van der Waals surface area contributed by atoms with Gasteiger partial charge in [0.1, 0.15) is 11.6 Å². The van der Waals surface area contributed by atoms with Gasteiger partial charge in [-0.3, -0.25) is 10.00 Å². The molecule has 7 heteroatoms. The maximum Gasteiger partial charge on any atom is 0.126 e. The summed E-state index contributed by atoms with van der Waals surface area (Å²) in [5.41, 5.74) is 4.94. The standard InChI is InChI=1S/C19H19ClFN5/c1-11-7-15-18(23-12(2)24-19(15)17-5-6-22-25-17)10-26(11)9-13-3-4-14(21)8-16(13)20/h3-6,8,11H,7,9-10H2,1-2H3,(H,22,25). The van der Waals surface area contributed by atoms with E-state index in [0.717, 1.165) is 40.5 Å². The highest BCUT2D eigenvalue weighted by Crippen LogP contribution is 2.31. The average Bonchev–Trinajstić information content (AvgIpc) is 3.12. The summed E-state index contributed by atoms with van der Waals surface area (Å²) in [7, 11) is 0. The Morgan fingerprint density at radius 3 is 2.88 bits per heavy atom. The van der Waals surface area contributed by atoms with Crippen LogP contribution in [0.3, 0.4) is 0 Å². The summed E-state index contributed by atoms with van der Waals surface area (Å²) < 4.78 is 13.3. The van der Waals surface area contributed by atoms with Gasteiger partial charge in [0, 0.05) is 35.9 Å². The van der Waals surface area contributed by atoms with Crippen LogP contribution in [0, 0.1) is 12.7 Å². The molecule has 0 saturated heterocycles. The van der Waals surface area contributed by atoms with Crippen molar-refractivity contribution in [2.24, 2.45) is 0 Å². The van der Waals surface area contributed by atoms with Gasteiger partial charge in [0.15, 0.2) is 0 Å². The molecule has 0 fully saturated rings. The molecule has 4 rings (SSSR count). The number of hydrogen-bond donors (Lipinski definition) is 1. The summed E-state index contributed by atoms with van der Waals surface area (Å²) in [5.74, 6) is 0.422. The van der Waals surface area contributed by atoms with Crippen LogP contribution in [0.25, 0.3) is 11.4 Å². The van der Waals surface area contributed by atoms with E-state index < -0.39 is 0 Å². The number of fused-ring (bicyclic) bond motifs is 1. The zero-order valence-corrected chi connectivity index (χ0v) is 15.4. The second kappa shape index (κ2) is 6.78. The molecule has 1 aliphatic rings. The number of aryl methyl sites for hydroxylation is 1. The summed E-state index contributed by atoms with van der Waals surface area (Å²) in [6.45, 7) is 5.44. The van der Waals surface area contributed by atoms with Gasteiger partial charge >= 0.3 is 0 Å². The Morgan fingerprint density at radius 2 is 2.15 bits per heavy atom. The predicted molar refractivity (Wildman–Crippen MR) is 98.2 cm³/mol. The molecule has 1 aliphatic heterocycles. The number of hydrogen-bond acceptors (Lipinski definition) is 4. The molecule has 134 valence electrons. The van der Waals surface area contributed by atoms with Crippen LogP contribution in [0.5, 0.6) is 0 Å². The van der Waals surface area contributed by atoms with Gasteiger partial charge in [0.05, 0.1) is 17.1 Å². The van der Waals surface area contributed by atoms with Gasteiger partial charge in [-0.05, 0) is 44.0 Å². The van der Waals surface area contributed by atoms with Gasteiger partial charge in [-0.25, -0.2) is 14.4 Å². The third-order valence-electron chi connectivity index (χ3n) is 4.82. The van der Waals surface area contributed by atoms with Crippen LogP contribution in [0.15, 0.2) is 30.5 Å². The Balaban J connectivity index is 1.66. The fraction of sp³-hybridized carbons (Fsp3) is 0.316. The minimum absolute atomic E-state index is 0.289. The SMILES string of the molecule is Cc1nc2c(c(-c3ccn[nH]3)n1)CC(C)N(Cc1ccc(F)cc1Cl)C2. The number of H-pyrrole nitrogens is 1. The van der Waals surface area contributed by atoms with E-state index in [4.69, 9.17) is 11.6 Å². The van der Waals surface area contributed by atoms with Crippen LogP contribution in [-0.2, 0) is 19.5 Å². The van der Waals surface area contributed by atoms with E-state index in [-0.39, 0.29) is 11.9 Å². The monoisotopic (exact) mass is 371 g/mol. The lowest BCUT2D eigenvalue weighted by Crippen LogP contribution is -2.39. The number of benzene rings is 1. The first-order valence-electron chi connectivity index (χ1n) is 8.55. The third kappa shape index (κ3) is 3.22. The van der Waals surface area contributed by atoms with Crippen LogP contribution < -0.4 is 0 Å². The maximum atomic E-state index is 13.3. The van der Waals surface area contributed by atoms with Crippen molar-refractivity contribution < 1.29 is 4.39 Å². The van der Waals surface area contributed by atoms with Gasteiger partial charge in [0.25, 0.3) is 0 Å². The summed E-state index contributed by atoms with van der Waals surface area (Å²) in [4.78, 5) is 11.6. The molecule has 2 aromatic heterocycles. The summed E-state index contributed by atoms with van der Waals surface area (Å²) >= 11 is 6.21. The van der Waals surface area contributed by atoms with E-state index >= 15 is 0 Å². The molecule has 0 aliphatic carbocycles. The first kappa shape index (κ1) is 17.1. The van der Waals surface area contributed by atoms with Crippen LogP contribution in [-0.4, -0.2) is 31.1 Å². The molecular formula is C19H19ClFN5. The molecule has 0 spiro atoms. The van der Waals surface area contributed by atoms with Gasteiger partial charge in [-0.15, -0.1) is 0 Å². The second-order valence-corrected chi connectivity index (χ2v) is 7.12. The van der Waals surface area contributed by atoms with Crippen LogP contribution in [0.1, 0.15) is 29.6 Å². The van der Waals surface area contributed by atoms with Gasteiger partial charge in [0.2, 0.25) is 0 Å². The molecule has 3 heterocycles. The van der Waals surface area contributed by atoms with Crippen molar-refractivity contribution in [2.75, 3.05) is 0 Å². The molecule has 0 radical (unpaired) electrons. The van der Waals surface area contributed by atoms with Crippen LogP contribution >= 0.6 is 11.6 Å². The molecule has 1 N–H and O–H groups in total. The minimum atomic E-state index is -0.316. The molecule has 3 aromatic rings. The molecule has 0 amide bonds. The number of nitrogens with one attached hydrogen (secondary N) is 1. The van der Waals surface area contributed by atoms with E-state index in [2.05, 4.69) is 32.0 Å². The number of nitrogens with zero attached hydrogens (tertiary/aromatic N) is 4. The highest BCUT2D eigenvalue weighted by Gasteiger charge is 2.28. The summed E-state index contributed by atoms with van der Waals surface area (Å²) in [6, 6.07) is 6.78. The van der Waals surface area contributed by atoms with Crippen molar-refractivity contribution in [3.8, 4) is 11.4 Å². The molecule has 1 atom stereocenters. The summed E-state index contributed by atoms with van der Waals surface area (Å²) in [5, 5.41) is 7.50. The number of rotatable bonds is 3. The van der Waals surface area contributed by atoms with Crippen LogP contribution in [0.4, 0.5) is 4.39 Å². The van der Waals surface area contributed by atoms with Gasteiger partial charge < -0.3 is 0 Å².